The van der Waals surface area contributed by atoms with Crippen molar-refractivity contribution in [3.63, 3.8) is 0 Å². The fourth-order valence-electron chi connectivity index (χ4n) is 9.67. The van der Waals surface area contributed by atoms with Crippen molar-refractivity contribution in [1.82, 2.24) is 0 Å². The molecule has 0 saturated carbocycles. The molecule has 0 N–H and O–H groups in total. The Morgan fingerprint density at radius 1 is 0.250 bits per heavy atom. The van der Waals surface area contributed by atoms with Crippen molar-refractivity contribution >= 4 is 60.5 Å². The van der Waals surface area contributed by atoms with E-state index in [2.05, 4.69) is 254 Å². The van der Waals surface area contributed by atoms with E-state index in [1.165, 1.54) is 54.9 Å². The first kappa shape index (κ1) is 37.3. The molecular formula is C62H41NO. The Hall–Kier alpha value is -8.46. The summed E-state index contributed by atoms with van der Waals surface area (Å²) in [5.74, 6) is 0. The van der Waals surface area contributed by atoms with Crippen LogP contribution in [0.2, 0.25) is 0 Å². The number of anilines is 3. The van der Waals surface area contributed by atoms with Crippen LogP contribution in [-0.2, 0) is 0 Å². The number of hydrogen-bond donors (Lipinski definition) is 0. The maximum Gasteiger partial charge on any atom is 0.159 e. The minimum absolute atomic E-state index is 0.836. The molecule has 0 amide bonds. The number of furan rings is 1. The summed E-state index contributed by atoms with van der Waals surface area (Å²) in [4.78, 5) is 2.35. The third kappa shape index (κ3) is 6.44. The van der Waals surface area contributed by atoms with Gasteiger partial charge in [-0.15, -0.1) is 0 Å². The average Bonchev–Trinajstić information content (AvgIpc) is 3.77. The minimum Gasteiger partial charge on any atom is -0.453 e. The number of nitrogens with zero attached hydrogens (tertiary/aromatic N) is 1. The second kappa shape index (κ2) is 15.8. The molecule has 0 aliphatic rings. The van der Waals surface area contributed by atoms with E-state index in [-0.39, 0.29) is 0 Å². The van der Waals surface area contributed by atoms with E-state index in [1.54, 1.807) is 0 Å². The Bertz CT molecular complexity index is 3610. The van der Waals surface area contributed by atoms with Gasteiger partial charge >= 0.3 is 0 Å². The molecule has 0 unspecified atom stereocenters. The third-order valence-corrected chi connectivity index (χ3v) is 12.7. The van der Waals surface area contributed by atoms with Gasteiger partial charge in [0.25, 0.3) is 0 Å². The monoisotopic (exact) mass is 815 g/mol. The smallest absolute Gasteiger partial charge is 0.159 e. The van der Waals surface area contributed by atoms with Crippen LogP contribution in [0.5, 0.6) is 0 Å². The Morgan fingerprint density at radius 3 is 1.20 bits per heavy atom. The highest BCUT2D eigenvalue weighted by atomic mass is 16.3. The Labute approximate surface area is 372 Å². The molecule has 0 saturated heterocycles. The standard InChI is InChI=1S/C62H41NO/c1-5-18-42(19-6-1)44-32-36-49(37-33-44)63(58-31-17-30-55-57-41-48(43-20-7-2-8-21-43)40-56(61(57)64-62(55)58)45-22-9-3-10-23-45)50-38-34-47(35-39-50)60-54-29-16-14-27-52(54)51-26-13-15-28-53(51)59(60)46-24-11-4-12-25-46/h1-41H. The van der Waals surface area contributed by atoms with E-state index in [0.717, 1.165) is 61.3 Å². The molecule has 12 rings (SSSR count). The van der Waals surface area contributed by atoms with Crippen LogP contribution in [0.4, 0.5) is 17.1 Å². The summed E-state index contributed by atoms with van der Waals surface area (Å²) in [5, 5.41) is 7.14. The van der Waals surface area contributed by atoms with Crippen molar-refractivity contribution in [3.8, 4) is 55.6 Å². The minimum atomic E-state index is 0.836. The number of benzene rings is 11. The quantitative estimate of drug-likeness (QED) is 0.142. The van der Waals surface area contributed by atoms with E-state index < -0.39 is 0 Å². The lowest BCUT2D eigenvalue weighted by Crippen LogP contribution is -2.10. The largest absolute Gasteiger partial charge is 0.453 e. The van der Waals surface area contributed by atoms with Crippen molar-refractivity contribution in [1.29, 1.82) is 0 Å². The predicted molar refractivity (Wildman–Crippen MR) is 271 cm³/mol. The average molecular weight is 816 g/mol. The predicted octanol–water partition coefficient (Wildman–Crippen LogP) is 17.7. The second-order valence-corrected chi connectivity index (χ2v) is 16.4. The molecule has 64 heavy (non-hydrogen) atoms. The van der Waals surface area contributed by atoms with Gasteiger partial charge in [0.05, 0.1) is 5.69 Å². The van der Waals surface area contributed by atoms with Crippen LogP contribution in [0.3, 0.4) is 0 Å². The molecule has 11 aromatic carbocycles. The fourth-order valence-corrected chi connectivity index (χ4v) is 9.67. The number of fused-ring (bicyclic) bond motifs is 6. The van der Waals surface area contributed by atoms with E-state index in [9.17, 15) is 0 Å². The van der Waals surface area contributed by atoms with Gasteiger partial charge in [-0.2, -0.15) is 0 Å². The van der Waals surface area contributed by atoms with E-state index in [4.69, 9.17) is 4.42 Å². The molecule has 0 bridgehead atoms. The lowest BCUT2D eigenvalue weighted by Gasteiger charge is -2.26. The molecule has 0 radical (unpaired) electrons. The molecule has 0 aliphatic heterocycles. The summed E-state index contributed by atoms with van der Waals surface area (Å²) in [6.45, 7) is 0. The number of para-hydroxylation sites is 1. The molecular weight excluding hydrogens is 775 g/mol. The summed E-state index contributed by atoms with van der Waals surface area (Å²) in [6.07, 6.45) is 0. The van der Waals surface area contributed by atoms with Crippen LogP contribution in [0.25, 0.3) is 99.1 Å². The van der Waals surface area contributed by atoms with Crippen molar-refractivity contribution in [2.24, 2.45) is 0 Å². The fraction of sp³-hybridized carbons (Fsp3) is 0. The van der Waals surface area contributed by atoms with Gasteiger partial charge in [0, 0.05) is 27.7 Å². The van der Waals surface area contributed by atoms with E-state index in [0.29, 0.717) is 0 Å². The maximum absolute atomic E-state index is 7.18. The highest BCUT2D eigenvalue weighted by molar-refractivity contribution is 6.22. The van der Waals surface area contributed by atoms with Crippen molar-refractivity contribution < 1.29 is 4.42 Å². The molecule has 2 nitrogen and oxygen atoms in total. The van der Waals surface area contributed by atoms with Gasteiger partial charge in [0.15, 0.2) is 5.58 Å². The van der Waals surface area contributed by atoms with Crippen LogP contribution < -0.4 is 4.90 Å². The van der Waals surface area contributed by atoms with Gasteiger partial charge in [0.2, 0.25) is 0 Å². The van der Waals surface area contributed by atoms with Crippen molar-refractivity contribution in [3.05, 3.63) is 249 Å². The van der Waals surface area contributed by atoms with Gasteiger partial charge in [-0.05, 0) is 114 Å². The van der Waals surface area contributed by atoms with Crippen LogP contribution >= 0.6 is 0 Å². The number of hydrogen-bond acceptors (Lipinski definition) is 2. The Kier molecular flexibility index (Phi) is 9.20. The summed E-state index contributed by atoms with van der Waals surface area (Å²) in [7, 11) is 0. The topological polar surface area (TPSA) is 16.4 Å². The van der Waals surface area contributed by atoms with Crippen LogP contribution in [0, 0.1) is 0 Å². The normalized spacial score (nSPS) is 11.4. The molecule has 12 aromatic rings. The Balaban J connectivity index is 1.07. The molecule has 1 aromatic heterocycles. The van der Waals surface area contributed by atoms with Gasteiger partial charge in [-0.1, -0.05) is 206 Å². The molecule has 300 valence electrons. The first-order chi connectivity index (χ1) is 31.8. The van der Waals surface area contributed by atoms with Gasteiger partial charge in [0.1, 0.15) is 5.58 Å². The summed E-state index contributed by atoms with van der Waals surface area (Å²) < 4.78 is 7.18. The van der Waals surface area contributed by atoms with Gasteiger partial charge < -0.3 is 9.32 Å². The van der Waals surface area contributed by atoms with Crippen LogP contribution in [0.1, 0.15) is 0 Å². The molecule has 0 aliphatic carbocycles. The van der Waals surface area contributed by atoms with E-state index >= 15 is 0 Å². The third-order valence-electron chi connectivity index (χ3n) is 12.7. The second-order valence-electron chi connectivity index (χ2n) is 16.4. The molecule has 0 fully saturated rings. The highest BCUT2D eigenvalue weighted by Crippen LogP contribution is 2.48. The molecule has 1 heterocycles. The number of rotatable bonds is 8. The van der Waals surface area contributed by atoms with Crippen LogP contribution in [-0.4, -0.2) is 0 Å². The summed E-state index contributed by atoms with van der Waals surface area (Å²) >= 11 is 0. The highest BCUT2D eigenvalue weighted by Gasteiger charge is 2.23. The zero-order valence-corrected chi connectivity index (χ0v) is 35.0. The van der Waals surface area contributed by atoms with Gasteiger partial charge in [-0.25, -0.2) is 0 Å². The zero-order valence-electron chi connectivity index (χ0n) is 35.0. The maximum atomic E-state index is 7.18. The molecule has 0 spiro atoms. The first-order valence-electron chi connectivity index (χ1n) is 21.9. The molecule has 0 atom stereocenters. The lowest BCUT2D eigenvalue weighted by molar-refractivity contribution is 0.670. The van der Waals surface area contributed by atoms with Crippen molar-refractivity contribution in [2.75, 3.05) is 4.90 Å². The summed E-state index contributed by atoms with van der Waals surface area (Å²) in [6, 6.07) is 89.4. The first-order valence-corrected chi connectivity index (χ1v) is 21.9. The summed E-state index contributed by atoms with van der Waals surface area (Å²) in [5.41, 5.74) is 16.4. The van der Waals surface area contributed by atoms with E-state index in [1.807, 2.05) is 0 Å². The van der Waals surface area contributed by atoms with Gasteiger partial charge in [-0.3, -0.25) is 0 Å². The van der Waals surface area contributed by atoms with Crippen molar-refractivity contribution in [2.45, 2.75) is 0 Å². The zero-order chi connectivity index (χ0) is 42.4. The van der Waals surface area contributed by atoms with Crippen LogP contribution in [0.15, 0.2) is 253 Å². The molecule has 2 heteroatoms. The SMILES string of the molecule is c1ccc(-c2ccc(N(c3ccc(-c4c(-c5ccccc5)c5ccccc5c5ccccc45)cc3)c3cccc4c3oc3c(-c5ccccc5)cc(-c5ccccc5)cc34)cc2)cc1. The lowest BCUT2D eigenvalue weighted by atomic mass is 9.85. The Morgan fingerprint density at radius 2 is 0.656 bits per heavy atom.